The summed E-state index contributed by atoms with van der Waals surface area (Å²) >= 11 is 7.12. The summed E-state index contributed by atoms with van der Waals surface area (Å²) in [6, 6.07) is 0. The lowest BCUT2D eigenvalue weighted by Crippen LogP contribution is -2.00. The van der Waals surface area contributed by atoms with Gasteiger partial charge in [-0.15, -0.1) is 11.3 Å². The van der Waals surface area contributed by atoms with Gasteiger partial charge in [0, 0.05) is 12.8 Å². The molecule has 0 amide bonds. The van der Waals surface area contributed by atoms with Crippen molar-refractivity contribution in [3.8, 4) is 0 Å². The highest BCUT2D eigenvalue weighted by molar-refractivity contribution is 7.15. The van der Waals surface area contributed by atoms with E-state index >= 15 is 0 Å². The first kappa shape index (κ1) is 9.96. The van der Waals surface area contributed by atoms with Crippen LogP contribution in [0.5, 0.6) is 0 Å². The van der Waals surface area contributed by atoms with Crippen LogP contribution in [0, 0.1) is 5.92 Å². The molecular formula is C8H12ClNOS. The van der Waals surface area contributed by atoms with Gasteiger partial charge >= 0.3 is 0 Å². The number of ether oxygens (including phenoxy) is 1. The molecule has 0 N–H and O–H groups in total. The van der Waals surface area contributed by atoms with Crippen molar-refractivity contribution in [2.75, 3.05) is 6.61 Å². The lowest BCUT2D eigenvalue weighted by Gasteiger charge is -2.03. The van der Waals surface area contributed by atoms with Gasteiger partial charge in [0.05, 0.1) is 11.5 Å². The van der Waals surface area contributed by atoms with E-state index < -0.39 is 0 Å². The minimum atomic E-state index is 0.577. The van der Waals surface area contributed by atoms with Crippen molar-refractivity contribution >= 4 is 22.9 Å². The average molecular weight is 206 g/mol. The molecule has 0 aliphatic heterocycles. The first-order valence-electron chi connectivity index (χ1n) is 3.86. The van der Waals surface area contributed by atoms with Crippen molar-refractivity contribution in [1.29, 1.82) is 0 Å². The Balaban J connectivity index is 2.24. The SMILES string of the molecule is CC(C)COCc1cnc(Cl)s1. The fraction of sp³-hybridized carbons (Fsp3) is 0.625. The maximum atomic E-state index is 5.65. The van der Waals surface area contributed by atoms with Crippen molar-refractivity contribution in [3.63, 3.8) is 0 Å². The van der Waals surface area contributed by atoms with Gasteiger partial charge in [-0.05, 0) is 5.92 Å². The molecule has 0 spiro atoms. The second-order valence-corrected chi connectivity index (χ2v) is 4.69. The van der Waals surface area contributed by atoms with Gasteiger partial charge in [0.15, 0.2) is 4.47 Å². The zero-order chi connectivity index (χ0) is 8.97. The van der Waals surface area contributed by atoms with Gasteiger partial charge < -0.3 is 4.74 Å². The van der Waals surface area contributed by atoms with Crippen LogP contribution in [0.25, 0.3) is 0 Å². The average Bonchev–Trinajstić information content (AvgIpc) is 2.35. The fourth-order valence-electron chi connectivity index (χ4n) is 0.746. The second kappa shape index (κ2) is 4.80. The molecule has 1 aromatic heterocycles. The third kappa shape index (κ3) is 3.52. The van der Waals surface area contributed by atoms with Crippen LogP contribution in [-0.2, 0) is 11.3 Å². The second-order valence-electron chi connectivity index (χ2n) is 2.99. The van der Waals surface area contributed by atoms with Crippen LogP contribution in [-0.4, -0.2) is 11.6 Å². The molecule has 0 radical (unpaired) electrons. The van der Waals surface area contributed by atoms with Gasteiger partial charge in [0.25, 0.3) is 0 Å². The molecule has 0 saturated carbocycles. The summed E-state index contributed by atoms with van der Waals surface area (Å²) in [6.45, 7) is 5.66. The number of aromatic nitrogens is 1. The van der Waals surface area contributed by atoms with E-state index in [1.54, 1.807) is 6.20 Å². The molecule has 2 nitrogen and oxygen atoms in total. The third-order valence-electron chi connectivity index (χ3n) is 1.22. The standard InChI is InChI=1S/C8H12ClNOS/c1-6(2)4-11-5-7-3-10-8(9)12-7/h3,6H,4-5H2,1-2H3. The summed E-state index contributed by atoms with van der Waals surface area (Å²) < 4.78 is 5.99. The first-order chi connectivity index (χ1) is 5.68. The van der Waals surface area contributed by atoms with Gasteiger partial charge in [0.2, 0.25) is 0 Å². The topological polar surface area (TPSA) is 22.1 Å². The quantitative estimate of drug-likeness (QED) is 0.754. The Bertz CT molecular complexity index is 237. The molecule has 68 valence electrons. The summed E-state index contributed by atoms with van der Waals surface area (Å²) in [6.07, 6.45) is 1.76. The lowest BCUT2D eigenvalue weighted by molar-refractivity contribution is 0.0988. The van der Waals surface area contributed by atoms with E-state index in [0.717, 1.165) is 11.5 Å². The van der Waals surface area contributed by atoms with E-state index in [9.17, 15) is 0 Å². The van der Waals surface area contributed by atoms with Crippen molar-refractivity contribution in [2.45, 2.75) is 20.5 Å². The lowest BCUT2D eigenvalue weighted by atomic mass is 10.2. The first-order valence-corrected chi connectivity index (χ1v) is 5.06. The zero-order valence-corrected chi connectivity index (χ0v) is 8.78. The summed E-state index contributed by atoms with van der Waals surface area (Å²) in [5.74, 6) is 0.577. The number of rotatable bonds is 4. The fourth-order valence-corrected chi connectivity index (χ4v) is 1.66. The van der Waals surface area contributed by atoms with Gasteiger partial charge in [-0.25, -0.2) is 4.98 Å². The Kier molecular flexibility index (Phi) is 3.98. The minimum absolute atomic E-state index is 0.577. The number of halogens is 1. The molecule has 0 aromatic carbocycles. The molecule has 1 heterocycles. The summed E-state index contributed by atoms with van der Waals surface area (Å²) in [5, 5.41) is 0. The van der Waals surface area contributed by atoms with Crippen molar-refractivity contribution < 1.29 is 4.74 Å². The van der Waals surface area contributed by atoms with Crippen LogP contribution in [0.4, 0.5) is 0 Å². The zero-order valence-electron chi connectivity index (χ0n) is 7.21. The highest BCUT2D eigenvalue weighted by Gasteiger charge is 1.99. The van der Waals surface area contributed by atoms with E-state index in [4.69, 9.17) is 16.3 Å². The summed E-state index contributed by atoms with van der Waals surface area (Å²) in [7, 11) is 0. The Hall–Kier alpha value is -0.120. The molecule has 0 aliphatic rings. The molecule has 0 aliphatic carbocycles. The predicted octanol–water partition coefficient (Wildman–Crippen LogP) is 2.97. The number of hydrogen-bond donors (Lipinski definition) is 0. The monoisotopic (exact) mass is 205 g/mol. The Morgan fingerprint density at radius 1 is 1.67 bits per heavy atom. The minimum Gasteiger partial charge on any atom is -0.376 e. The van der Waals surface area contributed by atoms with Crippen LogP contribution >= 0.6 is 22.9 Å². The van der Waals surface area contributed by atoms with E-state index in [0.29, 0.717) is 17.0 Å². The third-order valence-corrected chi connectivity index (χ3v) is 2.31. The molecule has 0 atom stereocenters. The number of thiazole rings is 1. The van der Waals surface area contributed by atoms with Crippen LogP contribution in [0.1, 0.15) is 18.7 Å². The van der Waals surface area contributed by atoms with Crippen LogP contribution in [0.15, 0.2) is 6.20 Å². The summed E-state index contributed by atoms with van der Waals surface area (Å²) in [4.78, 5) is 5.00. The van der Waals surface area contributed by atoms with Gasteiger partial charge in [-0.1, -0.05) is 25.4 Å². The Morgan fingerprint density at radius 3 is 2.92 bits per heavy atom. The predicted molar refractivity (Wildman–Crippen MR) is 51.6 cm³/mol. The maximum absolute atomic E-state index is 5.65. The normalized spacial score (nSPS) is 11.0. The Morgan fingerprint density at radius 2 is 2.42 bits per heavy atom. The van der Waals surface area contributed by atoms with Crippen LogP contribution in [0.3, 0.4) is 0 Å². The van der Waals surface area contributed by atoms with Crippen molar-refractivity contribution in [1.82, 2.24) is 4.98 Å². The molecule has 1 rings (SSSR count). The van der Waals surface area contributed by atoms with E-state index in [1.165, 1.54) is 11.3 Å². The van der Waals surface area contributed by atoms with Gasteiger partial charge in [0.1, 0.15) is 0 Å². The van der Waals surface area contributed by atoms with Crippen molar-refractivity contribution in [3.05, 3.63) is 15.5 Å². The van der Waals surface area contributed by atoms with Crippen LogP contribution < -0.4 is 0 Å². The number of nitrogens with zero attached hydrogens (tertiary/aromatic N) is 1. The van der Waals surface area contributed by atoms with E-state index in [2.05, 4.69) is 18.8 Å². The Labute approximate surface area is 81.5 Å². The highest BCUT2D eigenvalue weighted by atomic mass is 35.5. The van der Waals surface area contributed by atoms with E-state index in [-0.39, 0.29) is 0 Å². The molecule has 1 aromatic rings. The molecule has 0 unspecified atom stereocenters. The van der Waals surface area contributed by atoms with Crippen molar-refractivity contribution in [2.24, 2.45) is 5.92 Å². The molecule has 0 bridgehead atoms. The molecule has 0 saturated heterocycles. The smallest absolute Gasteiger partial charge is 0.183 e. The van der Waals surface area contributed by atoms with Crippen LogP contribution in [0.2, 0.25) is 4.47 Å². The number of hydrogen-bond acceptors (Lipinski definition) is 3. The molecular weight excluding hydrogens is 194 g/mol. The summed E-state index contributed by atoms with van der Waals surface area (Å²) in [5.41, 5.74) is 0. The molecule has 0 fully saturated rings. The van der Waals surface area contributed by atoms with E-state index in [1.807, 2.05) is 0 Å². The highest BCUT2D eigenvalue weighted by Crippen LogP contribution is 2.18. The largest absolute Gasteiger partial charge is 0.376 e. The maximum Gasteiger partial charge on any atom is 0.183 e. The van der Waals surface area contributed by atoms with Gasteiger partial charge in [-0.3, -0.25) is 0 Å². The van der Waals surface area contributed by atoms with Gasteiger partial charge in [-0.2, -0.15) is 0 Å². The molecule has 12 heavy (non-hydrogen) atoms. The molecule has 4 heteroatoms.